The summed E-state index contributed by atoms with van der Waals surface area (Å²) in [5.41, 5.74) is 1.34. The molecule has 0 aliphatic rings. The molecule has 0 fully saturated rings. The van der Waals surface area contributed by atoms with Crippen molar-refractivity contribution in [3.05, 3.63) is 58.3 Å². The van der Waals surface area contributed by atoms with Crippen molar-refractivity contribution in [3.8, 4) is 5.75 Å². The van der Waals surface area contributed by atoms with E-state index in [-0.39, 0.29) is 17.5 Å². The molecule has 3 rings (SSSR count). The van der Waals surface area contributed by atoms with Crippen molar-refractivity contribution in [2.45, 2.75) is 20.0 Å². The van der Waals surface area contributed by atoms with Gasteiger partial charge in [0.05, 0.1) is 22.8 Å². The van der Waals surface area contributed by atoms with E-state index in [0.29, 0.717) is 22.3 Å². The van der Waals surface area contributed by atoms with E-state index < -0.39 is 11.7 Å². The van der Waals surface area contributed by atoms with Crippen molar-refractivity contribution in [2.24, 2.45) is 7.05 Å². The number of amides is 1. The summed E-state index contributed by atoms with van der Waals surface area (Å²) < 4.78 is 21.0. The second kappa shape index (κ2) is 6.43. The lowest BCUT2D eigenvalue weighted by atomic mass is 10.1. The van der Waals surface area contributed by atoms with Gasteiger partial charge in [0.1, 0.15) is 11.6 Å². The highest BCUT2D eigenvalue weighted by molar-refractivity contribution is 6.06. The van der Waals surface area contributed by atoms with Crippen LogP contribution in [0.5, 0.6) is 5.75 Å². The zero-order valence-corrected chi connectivity index (χ0v) is 14.1. The van der Waals surface area contributed by atoms with Crippen molar-refractivity contribution in [2.75, 3.05) is 5.32 Å². The Labute approximate surface area is 143 Å². The van der Waals surface area contributed by atoms with Crippen LogP contribution in [0.25, 0.3) is 11.0 Å². The number of hydrogen-bond donors (Lipinski definition) is 2. The number of anilines is 1. The fraction of sp³-hybridized carbons (Fsp3) is 0.222. The number of benzene rings is 2. The van der Waals surface area contributed by atoms with Gasteiger partial charge in [0.2, 0.25) is 0 Å². The van der Waals surface area contributed by atoms with E-state index in [1.54, 1.807) is 31.3 Å². The Morgan fingerprint density at radius 2 is 2.00 bits per heavy atom. The summed E-state index contributed by atoms with van der Waals surface area (Å²) in [7, 11) is 1.61. The molecule has 0 saturated heterocycles. The number of aryl methyl sites for hydroxylation is 1. The molecule has 3 aromatic rings. The molecular weight excluding hydrogens is 325 g/mol. The van der Waals surface area contributed by atoms with Gasteiger partial charge < -0.3 is 15.0 Å². The van der Waals surface area contributed by atoms with E-state index in [1.165, 1.54) is 16.7 Å². The first kappa shape index (κ1) is 16.8. The summed E-state index contributed by atoms with van der Waals surface area (Å²) in [6.07, 6.45) is -0.0698. The Kier molecular flexibility index (Phi) is 4.31. The molecule has 0 radical (unpaired) electrons. The van der Waals surface area contributed by atoms with Crippen LogP contribution in [0.15, 0.2) is 41.2 Å². The van der Waals surface area contributed by atoms with Crippen LogP contribution in [0.4, 0.5) is 10.1 Å². The van der Waals surface area contributed by atoms with Crippen LogP contribution in [0, 0.1) is 5.82 Å². The van der Waals surface area contributed by atoms with Crippen LogP contribution in [0.1, 0.15) is 24.2 Å². The number of rotatable bonds is 4. The number of nitrogens with zero attached hydrogens (tertiary/aromatic N) is 1. The molecule has 1 heterocycles. The number of carbonyl (C=O) groups excluding carboxylic acids is 1. The van der Waals surface area contributed by atoms with Crippen LogP contribution in [-0.4, -0.2) is 21.6 Å². The third-order valence-electron chi connectivity index (χ3n) is 3.73. The average molecular weight is 343 g/mol. The number of halogens is 1. The molecule has 1 aromatic heterocycles. The van der Waals surface area contributed by atoms with Gasteiger partial charge >= 0.3 is 5.69 Å². The number of H-pyrrole nitrogens is 1. The Balaban J connectivity index is 1.84. The molecule has 0 aliphatic carbocycles. The maximum Gasteiger partial charge on any atom is 0.326 e. The molecule has 0 spiro atoms. The lowest BCUT2D eigenvalue weighted by molar-refractivity contribution is 0.102. The summed E-state index contributed by atoms with van der Waals surface area (Å²) >= 11 is 0. The van der Waals surface area contributed by atoms with Gasteiger partial charge in [-0.25, -0.2) is 9.18 Å². The Hall–Kier alpha value is -3.09. The molecule has 2 N–H and O–H groups in total. The van der Waals surface area contributed by atoms with Gasteiger partial charge in [0, 0.05) is 18.7 Å². The van der Waals surface area contributed by atoms with E-state index in [2.05, 4.69) is 10.3 Å². The highest BCUT2D eigenvalue weighted by Gasteiger charge is 2.13. The highest BCUT2D eigenvalue weighted by atomic mass is 19.1. The smallest absolute Gasteiger partial charge is 0.326 e. The molecule has 7 heteroatoms. The molecule has 0 bridgehead atoms. The fourth-order valence-electron chi connectivity index (χ4n) is 2.50. The maximum absolute atomic E-state index is 14.2. The first-order valence-electron chi connectivity index (χ1n) is 7.81. The molecule has 0 aliphatic heterocycles. The van der Waals surface area contributed by atoms with Gasteiger partial charge in [-0.3, -0.25) is 9.36 Å². The molecule has 2 aromatic carbocycles. The van der Waals surface area contributed by atoms with Crippen LogP contribution in [-0.2, 0) is 7.05 Å². The Bertz CT molecular complexity index is 1000. The number of carbonyl (C=O) groups is 1. The second-order valence-electron chi connectivity index (χ2n) is 5.98. The highest BCUT2D eigenvalue weighted by Crippen LogP contribution is 2.22. The number of ether oxygens (including phenoxy) is 1. The predicted octanol–water partition coefficient (Wildman–Crippen LogP) is 3.05. The van der Waals surface area contributed by atoms with Crippen molar-refractivity contribution < 1.29 is 13.9 Å². The minimum Gasteiger partial charge on any atom is -0.491 e. The maximum atomic E-state index is 14.2. The lowest BCUT2D eigenvalue weighted by Crippen LogP contribution is -2.14. The lowest BCUT2D eigenvalue weighted by Gasteiger charge is -2.12. The second-order valence-corrected chi connectivity index (χ2v) is 5.98. The van der Waals surface area contributed by atoms with E-state index >= 15 is 0 Å². The van der Waals surface area contributed by atoms with Gasteiger partial charge in [0.15, 0.2) is 0 Å². The zero-order valence-electron chi connectivity index (χ0n) is 14.1. The van der Waals surface area contributed by atoms with Crippen molar-refractivity contribution >= 4 is 22.6 Å². The molecule has 6 nitrogen and oxygen atoms in total. The number of nitrogens with one attached hydrogen (secondary N) is 2. The summed E-state index contributed by atoms with van der Waals surface area (Å²) in [5, 5.41) is 2.53. The fourth-order valence-corrected chi connectivity index (χ4v) is 2.50. The van der Waals surface area contributed by atoms with Gasteiger partial charge in [-0.1, -0.05) is 0 Å². The Morgan fingerprint density at radius 1 is 1.24 bits per heavy atom. The van der Waals surface area contributed by atoms with Gasteiger partial charge in [-0.2, -0.15) is 0 Å². The third-order valence-corrected chi connectivity index (χ3v) is 3.73. The van der Waals surface area contributed by atoms with Crippen molar-refractivity contribution in [1.29, 1.82) is 0 Å². The normalized spacial score (nSPS) is 11.1. The summed E-state index contributed by atoms with van der Waals surface area (Å²) in [5.74, 6) is -0.650. The number of aromatic amines is 1. The van der Waals surface area contributed by atoms with Crippen LogP contribution < -0.4 is 15.7 Å². The average Bonchev–Trinajstić information content (AvgIpc) is 2.83. The van der Waals surface area contributed by atoms with E-state index in [1.807, 2.05) is 13.8 Å². The molecule has 0 atom stereocenters. The third kappa shape index (κ3) is 3.40. The molecule has 0 saturated carbocycles. The summed E-state index contributed by atoms with van der Waals surface area (Å²) in [6.45, 7) is 3.69. The standard InChI is InChI=1S/C18H18FN3O3/c1-10(2)25-12-5-7-14(13(19)9-12)20-17(23)11-4-6-15-16(8-11)22(3)18(24)21-15/h4-10H,1-3H3,(H,20,23)(H,21,24). The summed E-state index contributed by atoms with van der Waals surface area (Å²) in [6, 6.07) is 9.07. The molecule has 0 unspecified atom stereocenters. The first-order valence-corrected chi connectivity index (χ1v) is 7.81. The van der Waals surface area contributed by atoms with E-state index in [4.69, 9.17) is 4.74 Å². The molecule has 130 valence electrons. The number of aromatic nitrogens is 2. The summed E-state index contributed by atoms with van der Waals surface area (Å²) in [4.78, 5) is 26.7. The van der Waals surface area contributed by atoms with E-state index in [9.17, 15) is 14.0 Å². The van der Waals surface area contributed by atoms with Crippen molar-refractivity contribution in [1.82, 2.24) is 9.55 Å². The van der Waals surface area contributed by atoms with Crippen LogP contribution in [0.3, 0.4) is 0 Å². The quantitative estimate of drug-likeness (QED) is 0.764. The number of fused-ring (bicyclic) bond motifs is 1. The van der Waals surface area contributed by atoms with E-state index in [0.717, 1.165) is 0 Å². The SMILES string of the molecule is CC(C)Oc1ccc(NC(=O)c2ccc3[nH]c(=O)n(C)c3c2)c(F)c1. The topological polar surface area (TPSA) is 76.1 Å². The molecule has 1 amide bonds. The van der Waals surface area contributed by atoms with Crippen LogP contribution in [0.2, 0.25) is 0 Å². The number of imidazole rings is 1. The van der Waals surface area contributed by atoms with Crippen LogP contribution >= 0.6 is 0 Å². The first-order chi connectivity index (χ1) is 11.8. The van der Waals surface area contributed by atoms with Crippen molar-refractivity contribution in [3.63, 3.8) is 0 Å². The van der Waals surface area contributed by atoms with Gasteiger partial charge in [-0.05, 0) is 44.2 Å². The monoisotopic (exact) mass is 343 g/mol. The van der Waals surface area contributed by atoms with Gasteiger partial charge in [-0.15, -0.1) is 0 Å². The Morgan fingerprint density at radius 3 is 2.68 bits per heavy atom. The largest absolute Gasteiger partial charge is 0.491 e. The minimum absolute atomic E-state index is 0.0594. The predicted molar refractivity (Wildman–Crippen MR) is 93.7 cm³/mol. The minimum atomic E-state index is -0.582. The van der Waals surface area contributed by atoms with Gasteiger partial charge in [0.25, 0.3) is 5.91 Å². The number of hydrogen-bond acceptors (Lipinski definition) is 3. The zero-order chi connectivity index (χ0) is 18.1. The molecular formula is C18H18FN3O3. The molecule has 25 heavy (non-hydrogen) atoms.